The molecule has 0 amide bonds. The summed E-state index contributed by atoms with van der Waals surface area (Å²) in [6.07, 6.45) is -0.487. The predicted molar refractivity (Wildman–Crippen MR) is 49.1 cm³/mol. The predicted octanol–water partition coefficient (Wildman–Crippen LogP) is -0.807. The molecule has 4 unspecified atom stereocenters. The number of carboxylic acids is 4. The normalized spacial score (nSPS) is 32.0. The minimum absolute atomic E-state index is 0.487. The van der Waals surface area contributed by atoms with Crippen molar-refractivity contribution in [3.63, 3.8) is 0 Å². The van der Waals surface area contributed by atoms with Crippen molar-refractivity contribution in [2.75, 3.05) is 0 Å². The highest BCUT2D eigenvalue weighted by Gasteiger charge is 2.56. The van der Waals surface area contributed by atoms with Crippen molar-refractivity contribution in [1.82, 2.24) is 0 Å². The van der Waals surface area contributed by atoms with Gasteiger partial charge in [-0.05, 0) is 6.42 Å². The molecule has 4 atom stereocenters. The van der Waals surface area contributed by atoms with Gasteiger partial charge in [0.2, 0.25) is 0 Å². The Labute approximate surface area is 94.5 Å². The van der Waals surface area contributed by atoms with E-state index < -0.39 is 54.0 Å². The first-order valence-corrected chi connectivity index (χ1v) is 4.68. The highest BCUT2D eigenvalue weighted by molar-refractivity contribution is 5.90. The van der Waals surface area contributed by atoms with Crippen LogP contribution in [0.5, 0.6) is 0 Å². The number of hydrogen-bond acceptors (Lipinski definition) is 4. The molecule has 1 rings (SSSR count). The van der Waals surface area contributed by atoms with Crippen LogP contribution in [0.2, 0.25) is 0 Å². The molecule has 0 aromatic heterocycles. The smallest absolute Gasteiger partial charge is 0.308 e. The van der Waals surface area contributed by atoms with Crippen LogP contribution in [0.25, 0.3) is 0 Å². The Hall–Kier alpha value is -2.12. The Bertz CT molecular complexity index is 350. The standard InChI is InChI=1S/C9H10O8/c10-6(11)2-1-3(7(12)13)5(9(16)17)4(2)8(14)15/h2-5H,1H2,(H,10,11)(H,12,13)(H,14,15)(H,16,17). The van der Waals surface area contributed by atoms with Gasteiger partial charge in [-0.2, -0.15) is 0 Å². The fourth-order valence-electron chi connectivity index (χ4n) is 2.23. The van der Waals surface area contributed by atoms with Gasteiger partial charge in [-0.15, -0.1) is 0 Å². The first-order chi connectivity index (χ1) is 7.77. The maximum atomic E-state index is 10.9. The lowest BCUT2D eigenvalue weighted by Crippen LogP contribution is -2.35. The lowest BCUT2D eigenvalue weighted by atomic mass is 9.87. The highest BCUT2D eigenvalue weighted by Crippen LogP contribution is 2.42. The van der Waals surface area contributed by atoms with Crippen molar-refractivity contribution in [1.29, 1.82) is 0 Å². The van der Waals surface area contributed by atoms with Gasteiger partial charge in [0.1, 0.15) is 0 Å². The molecule has 0 aliphatic heterocycles. The van der Waals surface area contributed by atoms with Crippen LogP contribution >= 0.6 is 0 Å². The maximum Gasteiger partial charge on any atom is 0.308 e. The van der Waals surface area contributed by atoms with E-state index in [1.165, 1.54) is 0 Å². The third kappa shape index (κ3) is 2.19. The first kappa shape index (κ1) is 12.9. The molecule has 1 aliphatic carbocycles. The molecule has 1 fully saturated rings. The number of aliphatic carboxylic acids is 4. The van der Waals surface area contributed by atoms with Gasteiger partial charge in [0.25, 0.3) is 0 Å². The average molecular weight is 246 g/mol. The van der Waals surface area contributed by atoms with Gasteiger partial charge in [0, 0.05) is 0 Å². The van der Waals surface area contributed by atoms with Gasteiger partial charge in [0.15, 0.2) is 0 Å². The van der Waals surface area contributed by atoms with Crippen LogP contribution in [-0.4, -0.2) is 44.3 Å². The largest absolute Gasteiger partial charge is 0.481 e. The molecule has 0 spiro atoms. The van der Waals surface area contributed by atoms with E-state index in [9.17, 15) is 19.2 Å². The zero-order chi connectivity index (χ0) is 13.3. The molecule has 8 heteroatoms. The molecule has 94 valence electrons. The van der Waals surface area contributed by atoms with Crippen LogP contribution in [-0.2, 0) is 19.2 Å². The number of hydrogen-bond donors (Lipinski definition) is 4. The zero-order valence-corrected chi connectivity index (χ0v) is 8.44. The van der Waals surface area contributed by atoms with Gasteiger partial charge in [0.05, 0.1) is 23.7 Å². The molecule has 0 saturated heterocycles. The summed E-state index contributed by atoms with van der Waals surface area (Å²) < 4.78 is 0. The number of carbonyl (C=O) groups is 4. The Morgan fingerprint density at radius 2 is 0.941 bits per heavy atom. The third-order valence-electron chi connectivity index (χ3n) is 2.97. The van der Waals surface area contributed by atoms with Gasteiger partial charge in [-0.25, -0.2) is 0 Å². The summed E-state index contributed by atoms with van der Waals surface area (Å²) in [4.78, 5) is 43.4. The molecule has 1 saturated carbocycles. The maximum absolute atomic E-state index is 10.9. The fourth-order valence-corrected chi connectivity index (χ4v) is 2.23. The van der Waals surface area contributed by atoms with E-state index in [0.717, 1.165) is 0 Å². The summed E-state index contributed by atoms with van der Waals surface area (Å²) >= 11 is 0. The van der Waals surface area contributed by atoms with Crippen LogP contribution in [0.3, 0.4) is 0 Å². The Morgan fingerprint density at radius 1 is 0.647 bits per heavy atom. The molecule has 0 bridgehead atoms. The van der Waals surface area contributed by atoms with Crippen molar-refractivity contribution in [2.24, 2.45) is 23.7 Å². The van der Waals surface area contributed by atoms with Crippen molar-refractivity contribution < 1.29 is 39.6 Å². The van der Waals surface area contributed by atoms with Crippen LogP contribution in [0, 0.1) is 23.7 Å². The molecular formula is C9H10O8. The summed E-state index contributed by atoms with van der Waals surface area (Å²) in [5.74, 6) is -12.6. The second-order valence-corrected chi connectivity index (χ2v) is 3.85. The van der Waals surface area contributed by atoms with Gasteiger partial charge in [-0.1, -0.05) is 0 Å². The van der Waals surface area contributed by atoms with Gasteiger partial charge < -0.3 is 20.4 Å². The van der Waals surface area contributed by atoms with E-state index in [4.69, 9.17) is 20.4 Å². The highest BCUT2D eigenvalue weighted by atomic mass is 16.4. The SMILES string of the molecule is O=C(O)C1CC(C(=O)O)C(C(=O)O)C1C(=O)O. The Kier molecular flexibility index (Phi) is 3.35. The summed E-state index contributed by atoms with van der Waals surface area (Å²) in [7, 11) is 0. The molecule has 8 nitrogen and oxygen atoms in total. The lowest BCUT2D eigenvalue weighted by molar-refractivity contribution is -0.160. The molecule has 17 heavy (non-hydrogen) atoms. The second-order valence-electron chi connectivity index (χ2n) is 3.85. The van der Waals surface area contributed by atoms with E-state index in [1.54, 1.807) is 0 Å². The zero-order valence-electron chi connectivity index (χ0n) is 8.44. The van der Waals surface area contributed by atoms with Crippen molar-refractivity contribution in [3.05, 3.63) is 0 Å². The van der Waals surface area contributed by atoms with E-state index in [2.05, 4.69) is 0 Å². The molecule has 0 heterocycles. The summed E-state index contributed by atoms with van der Waals surface area (Å²) in [6.45, 7) is 0. The summed E-state index contributed by atoms with van der Waals surface area (Å²) in [5.41, 5.74) is 0. The Balaban J connectivity index is 3.17. The quantitative estimate of drug-likeness (QED) is 0.503. The second kappa shape index (κ2) is 4.40. The lowest BCUT2D eigenvalue weighted by Gasteiger charge is -2.16. The summed E-state index contributed by atoms with van der Waals surface area (Å²) in [6, 6.07) is 0. The number of carboxylic acid groups (broad SMARTS) is 4. The fraction of sp³-hybridized carbons (Fsp3) is 0.556. The van der Waals surface area contributed by atoms with E-state index in [1.807, 2.05) is 0 Å². The Morgan fingerprint density at radius 3 is 1.12 bits per heavy atom. The van der Waals surface area contributed by atoms with E-state index in [-0.39, 0.29) is 0 Å². The molecule has 4 N–H and O–H groups in total. The van der Waals surface area contributed by atoms with E-state index >= 15 is 0 Å². The van der Waals surface area contributed by atoms with Crippen molar-refractivity contribution >= 4 is 23.9 Å². The monoisotopic (exact) mass is 246 g/mol. The number of rotatable bonds is 4. The first-order valence-electron chi connectivity index (χ1n) is 4.68. The molecule has 0 aromatic rings. The molecule has 0 aromatic carbocycles. The van der Waals surface area contributed by atoms with Crippen molar-refractivity contribution in [2.45, 2.75) is 6.42 Å². The van der Waals surface area contributed by atoms with Crippen LogP contribution < -0.4 is 0 Å². The van der Waals surface area contributed by atoms with Crippen LogP contribution in [0.4, 0.5) is 0 Å². The van der Waals surface area contributed by atoms with E-state index in [0.29, 0.717) is 0 Å². The van der Waals surface area contributed by atoms with Crippen LogP contribution in [0.15, 0.2) is 0 Å². The molecular weight excluding hydrogens is 236 g/mol. The third-order valence-corrected chi connectivity index (χ3v) is 2.97. The minimum atomic E-state index is -1.72. The topological polar surface area (TPSA) is 149 Å². The average Bonchev–Trinajstić information content (AvgIpc) is 2.56. The van der Waals surface area contributed by atoms with Gasteiger partial charge in [-0.3, -0.25) is 19.2 Å². The molecule has 0 radical (unpaired) electrons. The minimum Gasteiger partial charge on any atom is -0.481 e. The molecule has 1 aliphatic rings. The summed E-state index contributed by atoms with van der Waals surface area (Å²) in [5, 5.41) is 35.2. The van der Waals surface area contributed by atoms with Crippen molar-refractivity contribution in [3.8, 4) is 0 Å². The van der Waals surface area contributed by atoms with Crippen LogP contribution in [0.1, 0.15) is 6.42 Å². The van der Waals surface area contributed by atoms with Gasteiger partial charge >= 0.3 is 23.9 Å².